The minimum absolute atomic E-state index is 0. The third kappa shape index (κ3) is 2.82. The van der Waals surface area contributed by atoms with E-state index in [1.807, 2.05) is 12.3 Å². The van der Waals surface area contributed by atoms with Gasteiger partial charge in [0, 0.05) is 38.9 Å². The summed E-state index contributed by atoms with van der Waals surface area (Å²) in [4.78, 5) is 4.49. The van der Waals surface area contributed by atoms with Crippen LogP contribution < -0.4 is 5.30 Å². The van der Waals surface area contributed by atoms with Crippen LogP contribution in [-0.2, 0) is 26.5 Å². The third-order valence-electron chi connectivity index (χ3n) is 3.80. The molecule has 2 heterocycles. The zero-order valence-electron chi connectivity index (χ0n) is 11.3. The van der Waals surface area contributed by atoms with Gasteiger partial charge in [-0.05, 0) is 18.2 Å². The Labute approximate surface area is 129 Å². The van der Waals surface area contributed by atoms with Crippen LogP contribution in [0, 0.1) is 6.07 Å². The first kappa shape index (κ1) is 14.9. The predicted molar refractivity (Wildman–Crippen MR) is 80.1 cm³/mol. The van der Waals surface area contributed by atoms with Gasteiger partial charge >= 0.3 is 0 Å². The second-order valence-corrected chi connectivity index (χ2v) is 9.74. The molecule has 0 amide bonds. The van der Waals surface area contributed by atoms with E-state index in [1.165, 1.54) is 30.1 Å². The molecule has 3 rings (SSSR count). The van der Waals surface area contributed by atoms with Gasteiger partial charge in [-0.25, -0.2) is 0 Å². The molecule has 0 bridgehead atoms. The van der Waals surface area contributed by atoms with E-state index >= 15 is 0 Å². The average Bonchev–Trinajstić information content (AvgIpc) is 2.39. The number of nitrogens with zero attached hydrogens (tertiary/aromatic N) is 1. The maximum Gasteiger partial charge on any atom is 0.0616 e. The van der Waals surface area contributed by atoms with E-state index in [0.29, 0.717) is 0 Å². The molecule has 0 saturated carbocycles. The van der Waals surface area contributed by atoms with Crippen molar-refractivity contribution >= 4 is 12.6 Å². The summed E-state index contributed by atoms with van der Waals surface area (Å²) in [6.45, 7) is 4.90. The largest absolute Gasteiger partial charge is 0.305 e. The first-order chi connectivity index (χ1) is 8.68. The van der Waals surface area contributed by atoms with Crippen molar-refractivity contribution in [2.45, 2.75) is 12.8 Å². The molecular weight excluding hydrogens is 429 g/mol. The molecule has 1 aliphatic heterocycles. The summed E-state index contributed by atoms with van der Waals surface area (Å²) < 4.78 is 0. The summed E-state index contributed by atoms with van der Waals surface area (Å²) in [5, 5.41) is 1.59. The van der Waals surface area contributed by atoms with Crippen LogP contribution in [0.5, 0.6) is 0 Å². The SMILES string of the molecule is C[P+]1(C)CCCc2c(-c3ccccn3)[c-]ccc21.[Ir]. The zero-order valence-corrected chi connectivity index (χ0v) is 14.6. The summed E-state index contributed by atoms with van der Waals surface area (Å²) in [6, 6.07) is 13.9. The fourth-order valence-corrected chi connectivity index (χ4v) is 5.47. The molecule has 1 radical (unpaired) electrons. The van der Waals surface area contributed by atoms with Crippen LogP contribution in [0.15, 0.2) is 36.5 Å². The van der Waals surface area contributed by atoms with E-state index in [4.69, 9.17) is 0 Å². The Morgan fingerprint density at radius 2 is 2.05 bits per heavy atom. The molecule has 0 aliphatic carbocycles. The summed E-state index contributed by atoms with van der Waals surface area (Å²) in [5.74, 6) is 0. The van der Waals surface area contributed by atoms with Crippen molar-refractivity contribution in [2.75, 3.05) is 19.5 Å². The molecule has 0 atom stereocenters. The van der Waals surface area contributed by atoms with Gasteiger partial charge in [0.25, 0.3) is 0 Å². The second kappa shape index (κ2) is 5.83. The van der Waals surface area contributed by atoms with Crippen LogP contribution in [0.4, 0.5) is 0 Å². The van der Waals surface area contributed by atoms with Crippen molar-refractivity contribution in [3.63, 3.8) is 0 Å². The fourth-order valence-electron chi connectivity index (χ4n) is 2.85. The molecule has 0 fully saturated rings. The molecule has 0 spiro atoms. The molecule has 0 N–H and O–H groups in total. The molecule has 1 aliphatic rings. The molecule has 3 heteroatoms. The van der Waals surface area contributed by atoms with Gasteiger partial charge in [-0.2, -0.15) is 0 Å². The number of aromatic nitrogens is 1. The molecule has 19 heavy (non-hydrogen) atoms. The van der Waals surface area contributed by atoms with Gasteiger partial charge in [0.1, 0.15) is 0 Å². The van der Waals surface area contributed by atoms with E-state index in [-0.39, 0.29) is 20.1 Å². The topological polar surface area (TPSA) is 12.9 Å². The van der Waals surface area contributed by atoms with E-state index in [2.05, 4.69) is 48.6 Å². The number of pyridine rings is 1. The fraction of sp³-hybridized carbons (Fsp3) is 0.312. The van der Waals surface area contributed by atoms with E-state index < -0.39 is 7.26 Å². The number of hydrogen-bond donors (Lipinski definition) is 0. The van der Waals surface area contributed by atoms with Crippen molar-refractivity contribution in [3.05, 3.63) is 48.2 Å². The molecule has 101 valence electrons. The van der Waals surface area contributed by atoms with E-state index in [9.17, 15) is 0 Å². The van der Waals surface area contributed by atoms with Crippen LogP contribution in [0.25, 0.3) is 11.3 Å². The Kier molecular flexibility index (Phi) is 4.56. The van der Waals surface area contributed by atoms with Crippen LogP contribution >= 0.6 is 7.26 Å². The Hall–Kier alpha value is -0.551. The van der Waals surface area contributed by atoms with Crippen LogP contribution in [0.2, 0.25) is 0 Å². The van der Waals surface area contributed by atoms with Gasteiger partial charge in [-0.15, -0.1) is 23.8 Å². The number of rotatable bonds is 1. The summed E-state index contributed by atoms with van der Waals surface area (Å²) in [5.41, 5.74) is 3.79. The minimum atomic E-state index is -0.922. The normalized spacial score (nSPS) is 16.3. The standard InChI is InChI=1S/C16H18NP.Ir/c1-18(2)12-6-8-14-13(7-5-10-16(14)18)15-9-3-4-11-17-15;/h3-5,9-11H,6,8,12H2,1-2H3;. The minimum Gasteiger partial charge on any atom is -0.305 e. The maximum absolute atomic E-state index is 4.49. The number of fused-ring (bicyclic) bond motifs is 1. The Balaban J connectivity index is 0.00000133. The van der Waals surface area contributed by atoms with Gasteiger partial charge in [0.15, 0.2) is 0 Å². The first-order valence-electron chi connectivity index (χ1n) is 6.47. The van der Waals surface area contributed by atoms with Crippen molar-refractivity contribution in [1.82, 2.24) is 4.98 Å². The van der Waals surface area contributed by atoms with Crippen molar-refractivity contribution < 1.29 is 20.1 Å². The molecule has 0 unspecified atom stereocenters. The Bertz CT molecular complexity index is 566. The zero-order chi connectivity index (χ0) is 12.6. The van der Waals surface area contributed by atoms with Crippen LogP contribution in [0.1, 0.15) is 12.0 Å². The van der Waals surface area contributed by atoms with Crippen molar-refractivity contribution in [2.24, 2.45) is 0 Å². The van der Waals surface area contributed by atoms with E-state index in [1.54, 1.807) is 5.30 Å². The van der Waals surface area contributed by atoms with Crippen LogP contribution in [0.3, 0.4) is 0 Å². The molecule has 1 nitrogen and oxygen atoms in total. The quantitative estimate of drug-likeness (QED) is 0.483. The third-order valence-corrected chi connectivity index (χ3v) is 6.95. The van der Waals surface area contributed by atoms with Crippen molar-refractivity contribution in [1.29, 1.82) is 0 Å². The van der Waals surface area contributed by atoms with Crippen LogP contribution in [-0.4, -0.2) is 24.5 Å². The summed E-state index contributed by atoms with van der Waals surface area (Å²) in [7, 11) is -0.922. The summed E-state index contributed by atoms with van der Waals surface area (Å²) in [6.07, 6.45) is 5.74. The van der Waals surface area contributed by atoms with Gasteiger partial charge in [0.2, 0.25) is 0 Å². The number of hydrogen-bond acceptors (Lipinski definition) is 1. The molecule has 0 saturated heterocycles. The van der Waals surface area contributed by atoms with Gasteiger partial charge in [-0.1, -0.05) is 24.1 Å². The summed E-state index contributed by atoms with van der Waals surface area (Å²) >= 11 is 0. The van der Waals surface area contributed by atoms with Gasteiger partial charge in [-0.3, -0.25) is 0 Å². The molecule has 1 aromatic carbocycles. The monoisotopic (exact) mass is 448 g/mol. The predicted octanol–water partition coefficient (Wildman–Crippen LogP) is 3.39. The molecule has 1 aromatic heterocycles. The first-order valence-corrected chi connectivity index (χ1v) is 9.34. The second-order valence-electron chi connectivity index (χ2n) is 5.44. The average molecular weight is 448 g/mol. The van der Waals surface area contributed by atoms with E-state index in [0.717, 1.165) is 5.69 Å². The number of benzene rings is 1. The molecular formula is C16H18IrNP. The molecule has 2 aromatic rings. The van der Waals surface area contributed by atoms with Crippen molar-refractivity contribution in [3.8, 4) is 11.3 Å². The Morgan fingerprint density at radius 1 is 1.21 bits per heavy atom. The maximum atomic E-state index is 4.49. The Morgan fingerprint density at radius 3 is 2.79 bits per heavy atom. The van der Waals surface area contributed by atoms with Gasteiger partial charge in [0.05, 0.1) is 19.5 Å². The van der Waals surface area contributed by atoms with Gasteiger partial charge < -0.3 is 4.98 Å². The smallest absolute Gasteiger partial charge is 0.0616 e.